The minimum absolute atomic E-state index is 0.277. The van der Waals surface area contributed by atoms with Crippen molar-refractivity contribution in [2.75, 3.05) is 5.73 Å². The van der Waals surface area contributed by atoms with Crippen LogP contribution in [-0.2, 0) is 6.54 Å². The van der Waals surface area contributed by atoms with Gasteiger partial charge in [-0.05, 0) is 19.9 Å². The number of nitrogens with zero attached hydrogens (tertiary/aromatic N) is 4. The van der Waals surface area contributed by atoms with Crippen molar-refractivity contribution in [3.63, 3.8) is 0 Å². The summed E-state index contributed by atoms with van der Waals surface area (Å²) in [6, 6.07) is 1.85. The maximum Gasteiger partial charge on any atom is 0.348 e. The lowest BCUT2D eigenvalue weighted by atomic mass is 10.3. The van der Waals surface area contributed by atoms with Crippen LogP contribution < -0.4 is 11.4 Å². The molecule has 0 aliphatic carbocycles. The number of hydrogen-bond donors (Lipinski definition) is 1. The topological polar surface area (TPSA) is 86.7 Å². The summed E-state index contributed by atoms with van der Waals surface area (Å²) in [6.07, 6.45) is 3.03. The maximum absolute atomic E-state index is 11.7. The Morgan fingerprint density at radius 1 is 1.29 bits per heavy atom. The first-order chi connectivity index (χ1) is 8.06. The third kappa shape index (κ3) is 2.47. The van der Waals surface area contributed by atoms with Crippen LogP contribution in [0.15, 0.2) is 23.3 Å². The Morgan fingerprint density at radius 3 is 2.65 bits per heavy atom. The van der Waals surface area contributed by atoms with E-state index in [0.717, 1.165) is 5.69 Å². The third-order valence-corrected chi connectivity index (χ3v) is 2.39. The summed E-state index contributed by atoms with van der Waals surface area (Å²) in [5, 5.41) is 0. The smallest absolute Gasteiger partial charge is 0.348 e. The molecule has 0 aromatic carbocycles. The van der Waals surface area contributed by atoms with Crippen molar-refractivity contribution in [2.24, 2.45) is 0 Å². The molecule has 2 heterocycles. The molecule has 2 aromatic rings. The zero-order valence-corrected chi connectivity index (χ0v) is 9.71. The number of aromatic nitrogens is 4. The molecule has 0 saturated heterocycles. The van der Waals surface area contributed by atoms with E-state index in [-0.39, 0.29) is 5.69 Å². The predicted molar refractivity (Wildman–Crippen MR) is 63.5 cm³/mol. The number of aryl methyl sites for hydroxylation is 2. The van der Waals surface area contributed by atoms with E-state index >= 15 is 0 Å². The van der Waals surface area contributed by atoms with Crippen LogP contribution in [0.25, 0.3) is 0 Å². The van der Waals surface area contributed by atoms with Gasteiger partial charge in [-0.3, -0.25) is 9.55 Å². The second kappa shape index (κ2) is 4.32. The van der Waals surface area contributed by atoms with Crippen LogP contribution in [0.5, 0.6) is 0 Å². The number of rotatable bonds is 2. The van der Waals surface area contributed by atoms with Crippen molar-refractivity contribution in [1.82, 2.24) is 19.5 Å². The zero-order chi connectivity index (χ0) is 12.4. The van der Waals surface area contributed by atoms with Crippen LogP contribution in [-0.4, -0.2) is 19.5 Å². The first kappa shape index (κ1) is 11.3. The molecule has 2 N–H and O–H groups in total. The van der Waals surface area contributed by atoms with E-state index in [1.807, 2.05) is 13.0 Å². The van der Waals surface area contributed by atoms with E-state index in [1.54, 1.807) is 17.7 Å². The number of nitrogen functional groups attached to an aromatic ring is 1. The molecule has 2 rings (SSSR count). The van der Waals surface area contributed by atoms with Crippen molar-refractivity contribution in [3.8, 4) is 0 Å². The molecule has 0 amide bonds. The minimum atomic E-state index is -0.277. The molecule has 0 unspecified atom stereocenters. The fraction of sp³-hybridized carbons (Fsp3) is 0.273. The lowest BCUT2D eigenvalue weighted by Crippen LogP contribution is -2.26. The van der Waals surface area contributed by atoms with Crippen molar-refractivity contribution < 1.29 is 0 Å². The largest absolute Gasteiger partial charge is 0.382 e. The second-order valence-electron chi connectivity index (χ2n) is 3.84. The fourth-order valence-corrected chi connectivity index (χ4v) is 1.58. The molecule has 0 radical (unpaired) electrons. The molecule has 6 heteroatoms. The minimum Gasteiger partial charge on any atom is -0.382 e. The third-order valence-electron chi connectivity index (χ3n) is 2.39. The van der Waals surface area contributed by atoms with Crippen LogP contribution in [0.1, 0.15) is 17.1 Å². The lowest BCUT2D eigenvalue weighted by Gasteiger charge is -2.08. The molecule has 17 heavy (non-hydrogen) atoms. The zero-order valence-electron chi connectivity index (χ0n) is 9.71. The summed E-state index contributed by atoms with van der Waals surface area (Å²) in [7, 11) is 0. The molecule has 0 atom stereocenters. The molecule has 0 aliphatic heterocycles. The van der Waals surface area contributed by atoms with Gasteiger partial charge in [0, 0.05) is 11.4 Å². The summed E-state index contributed by atoms with van der Waals surface area (Å²) < 4.78 is 1.55. The average molecular weight is 231 g/mol. The van der Waals surface area contributed by atoms with Crippen LogP contribution in [0.3, 0.4) is 0 Å². The van der Waals surface area contributed by atoms with E-state index in [0.29, 0.717) is 23.8 Å². The Balaban J connectivity index is 2.36. The lowest BCUT2D eigenvalue weighted by molar-refractivity contribution is 0.678. The normalized spacial score (nSPS) is 10.5. The second-order valence-corrected chi connectivity index (χ2v) is 3.84. The molecular formula is C11H13N5O. The summed E-state index contributed by atoms with van der Waals surface area (Å²) >= 11 is 0. The standard InChI is InChI=1S/C11H13N5O/c1-7-3-8(2)16(11(17)15-7)6-9-4-14-10(12)5-13-9/h3-5H,6H2,1-2H3,(H2,12,14). The van der Waals surface area contributed by atoms with Gasteiger partial charge in [0.2, 0.25) is 0 Å². The van der Waals surface area contributed by atoms with Crippen molar-refractivity contribution in [2.45, 2.75) is 20.4 Å². The van der Waals surface area contributed by atoms with Crippen molar-refractivity contribution in [1.29, 1.82) is 0 Å². The molecule has 0 spiro atoms. The molecule has 2 aromatic heterocycles. The Hall–Kier alpha value is -2.24. The van der Waals surface area contributed by atoms with E-state index in [2.05, 4.69) is 15.0 Å². The van der Waals surface area contributed by atoms with Gasteiger partial charge in [0.25, 0.3) is 0 Å². The van der Waals surface area contributed by atoms with Gasteiger partial charge in [-0.15, -0.1) is 0 Å². The summed E-state index contributed by atoms with van der Waals surface area (Å²) in [5.41, 5.74) is 7.41. The van der Waals surface area contributed by atoms with E-state index < -0.39 is 0 Å². The van der Waals surface area contributed by atoms with E-state index in [9.17, 15) is 4.79 Å². The van der Waals surface area contributed by atoms with Gasteiger partial charge in [0.05, 0.1) is 24.6 Å². The fourth-order valence-electron chi connectivity index (χ4n) is 1.58. The van der Waals surface area contributed by atoms with Crippen LogP contribution >= 0.6 is 0 Å². The van der Waals surface area contributed by atoms with Crippen LogP contribution in [0, 0.1) is 13.8 Å². The SMILES string of the molecule is Cc1cc(C)n(Cc2cnc(N)cn2)c(=O)n1. The Labute approximate surface area is 98.2 Å². The quantitative estimate of drug-likeness (QED) is 0.802. The van der Waals surface area contributed by atoms with Gasteiger partial charge in [0.1, 0.15) is 5.82 Å². The molecular weight excluding hydrogens is 218 g/mol. The van der Waals surface area contributed by atoms with Gasteiger partial charge in [-0.2, -0.15) is 4.98 Å². The molecule has 0 aliphatic rings. The molecule has 6 nitrogen and oxygen atoms in total. The maximum atomic E-state index is 11.7. The van der Waals surface area contributed by atoms with E-state index in [1.165, 1.54) is 6.20 Å². The highest BCUT2D eigenvalue weighted by molar-refractivity contribution is 5.23. The highest BCUT2D eigenvalue weighted by atomic mass is 16.1. The Morgan fingerprint density at radius 2 is 2.06 bits per heavy atom. The molecule has 0 fully saturated rings. The molecule has 0 bridgehead atoms. The Bertz CT molecular complexity index is 588. The Kier molecular flexibility index (Phi) is 2.86. The van der Waals surface area contributed by atoms with Gasteiger partial charge < -0.3 is 5.73 Å². The monoisotopic (exact) mass is 231 g/mol. The van der Waals surface area contributed by atoms with Crippen LogP contribution in [0.4, 0.5) is 5.82 Å². The van der Waals surface area contributed by atoms with Crippen LogP contribution in [0.2, 0.25) is 0 Å². The number of hydrogen-bond acceptors (Lipinski definition) is 5. The van der Waals surface area contributed by atoms with Crippen molar-refractivity contribution >= 4 is 5.82 Å². The van der Waals surface area contributed by atoms with Gasteiger partial charge >= 0.3 is 5.69 Å². The first-order valence-electron chi connectivity index (χ1n) is 5.18. The first-order valence-corrected chi connectivity index (χ1v) is 5.18. The van der Waals surface area contributed by atoms with Gasteiger partial charge in [0.15, 0.2) is 0 Å². The number of anilines is 1. The van der Waals surface area contributed by atoms with E-state index in [4.69, 9.17) is 5.73 Å². The molecule has 88 valence electrons. The van der Waals surface area contributed by atoms with Gasteiger partial charge in [-0.25, -0.2) is 9.78 Å². The summed E-state index contributed by atoms with van der Waals surface area (Å²) in [4.78, 5) is 23.6. The molecule has 0 saturated carbocycles. The number of nitrogens with two attached hydrogens (primary N) is 1. The highest BCUT2D eigenvalue weighted by Crippen LogP contribution is 2.02. The average Bonchev–Trinajstić information content (AvgIpc) is 2.26. The summed E-state index contributed by atoms with van der Waals surface area (Å²) in [5.74, 6) is 0.361. The predicted octanol–water partition coefficient (Wildman–Crippen LogP) is 0.281. The highest BCUT2D eigenvalue weighted by Gasteiger charge is 2.04. The summed E-state index contributed by atoms with van der Waals surface area (Å²) in [6.45, 7) is 4.01. The van der Waals surface area contributed by atoms with Gasteiger partial charge in [-0.1, -0.05) is 0 Å². The van der Waals surface area contributed by atoms with Crippen molar-refractivity contribution in [3.05, 3.63) is 46.0 Å².